The molecule has 0 aliphatic rings. The molecule has 1 aromatic heterocycles. The molecular weight excluding hydrogens is 390 g/mol. The molecule has 162 valence electrons. The zero-order valence-corrected chi connectivity index (χ0v) is 18.1. The van der Waals surface area contributed by atoms with Gasteiger partial charge in [0.05, 0.1) is 6.54 Å². The summed E-state index contributed by atoms with van der Waals surface area (Å²) in [6.45, 7) is 6.60. The van der Waals surface area contributed by atoms with E-state index in [1.165, 1.54) is 5.56 Å². The average molecular weight is 420 g/mol. The Hall–Kier alpha value is -3.38. The van der Waals surface area contributed by atoms with Crippen LogP contribution in [0.1, 0.15) is 51.6 Å². The maximum atomic E-state index is 12.7. The molecule has 0 fully saturated rings. The Balaban J connectivity index is 1.57. The van der Waals surface area contributed by atoms with Crippen molar-refractivity contribution in [2.45, 2.75) is 33.2 Å². The number of hydrogen-bond donors (Lipinski definition) is 2. The van der Waals surface area contributed by atoms with Crippen LogP contribution in [0.4, 0.5) is 0 Å². The lowest BCUT2D eigenvalue weighted by atomic mass is 9.99. The molecule has 0 radical (unpaired) electrons. The van der Waals surface area contributed by atoms with Crippen molar-refractivity contribution in [1.82, 2.24) is 15.8 Å². The molecule has 6 nitrogen and oxygen atoms in total. The van der Waals surface area contributed by atoms with Gasteiger partial charge in [-0.15, -0.1) is 0 Å². The van der Waals surface area contributed by atoms with Crippen molar-refractivity contribution in [2.75, 3.05) is 13.1 Å². The SMILES string of the molecule is CCN(CC)Cc1ccc(C(=O)NNC(=O)c2ccccc2CCc2ccccc2)o1. The Kier molecular flexibility index (Phi) is 8.01. The topological polar surface area (TPSA) is 74.6 Å². The molecule has 2 aromatic carbocycles. The fraction of sp³-hybridized carbons (Fsp3) is 0.280. The highest BCUT2D eigenvalue weighted by molar-refractivity contribution is 5.98. The number of nitrogens with zero attached hydrogens (tertiary/aromatic N) is 1. The summed E-state index contributed by atoms with van der Waals surface area (Å²) in [6.07, 6.45) is 1.56. The van der Waals surface area contributed by atoms with Crippen LogP contribution < -0.4 is 10.9 Å². The quantitative estimate of drug-likeness (QED) is 0.515. The number of hydrazine groups is 1. The molecule has 0 saturated carbocycles. The maximum absolute atomic E-state index is 12.7. The van der Waals surface area contributed by atoms with Crippen molar-refractivity contribution in [3.05, 3.63) is 94.9 Å². The Morgan fingerprint density at radius 3 is 2.23 bits per heavy atom. The molecule has 0 saturated heterocycles. The van der Waals surface area contributed by atoms with Gasteiger partial charge in [-0.2, -0.15) is 0 Å². The van der Waals surface area contributed by atoms with Gasteiger partial charge in [-0.25, -0.2) is 0 Å². The second-order valence-electron chi connectivity index (χ2n) is 7.28. The van der Waals surface area contributed by atoms with Gasteiger partial charge in [0.1, 0.15) is 5.76 Å². The number of benzene rings is 2. The van der Waals surface area contributed by atoms with Crippen LogP contribution >= 0.6 is 0 Å². The van der Waals surface area contributed by atoms with E-state index in [4.69, 9.17) is 4.42 Å². The van der Waals surface area contributed by atoms with Gasteiger partial charge in [-0.05, 0) is 55.3 Å². The summed E-state index contributed by atoms with van der Waals surface area (Å²) in [6, 6.07) is 21.0. The van der Waals surface area contributed by atoms with E-state index in [-0.39, 0.29) is 11.7 Å². The number of rotatable bonds is 9. The first kappa shape index (κ1) is 22.3. The second kappa shape index (κ2) is 11.1. The van der Waals surface area contributed by atoms with Crippen LogP contribution in [-0.4, -0.2) is 29.8 Å². The van der Waals surface area contributed by atoms with Gasteiger partial charge in [-0.1, -0.05) is 62.4 Å². The van der Waals surface area contributed by atoms with Gasteiger partial charge in [-0.3, -0.25) is 25.3 Å². The lowest BCUT2D eigenvalue weighted by Gasteiger charge is -2.15. The van der Waals surface area contributed by atoms with Crippen molar-refractivity contribution < 1.29 is 14.0 Å². The minimum atomic E-state index is -0.485. The first-order chi connectivity index (χ1) is 15.1. The third-order valence-corrected chi connectivity index (χ3v) is 5.24. The van der Waals surface area contributed by atoms with E-state index >= 15 is 0 Å². The molecule has 3 rings (SSSR count). The van der Waals surface area contributed by atoms with Crippen molar-refractivity contribution in [2.24, 2.45) is 0 Å². The van der Waals surface area contributed by atoms with Gasteiger partial charge >= 0.3 is 5.91 Å². The van der Waals surface area contributed by atoms with Crippen LogP contribution in [0.5, 0.6) is 0 Å². The van der Waals surface area contributed by atoms with Gasteiger partial charge < -0.3 is 4.42 Å². The van der Waals surface area contributed by atoms with Crippen LogP contribution in [0.2, 0.25) is 0 Å². The number of carbonyl (C=O) groups is 2. The minimum Gasteiger partial charge on any atom is -0.454 e. The molecule has 0 aliphatic heterocycles. The second-order valence-corrected chi connectivity index (χ2v) is 7.28. The average Bonchev–Trinajstić information content (AvgIpc) is 3.29. The Morgan fingerprint density at radius 1 is 0.806 bits per heavy atom. The third kappa shape index (κ3) is 6.30. The lowest BCUT2D eigenvalue weighted by Crippen LogP contribution is -2.41. The summed E-state index contributed by atoms with van der Waals surface area (Å²) in [5.74, 6) is 0.0408. The number of carbonyl (C=O) groups excluding carboxylic acids is 2. The van der Waals surface area contributed by atoms with Crippen LogP contribution in [0, 0.1) is 0 Å². The summed E-state index contributed by atoms with van der Waals surface area (Å²) in [5.41, 5.74) is 7.63. The lowest BCUT2D eigenvalue weighted by molar-refractivity contribution is 0.0828. The van der Waals surface area contributed by atoms with Gasteiger partial charge in [0.25, 0.3) is 5.91 Å². The van der Waals surface area contributed by atoms with Crippen molar-refractivity contribution in [3.63, 3.8) is 0 Å². The molecule has 31 heavy (non-hydrogen) atoms. The van der Waals surface area contributed by atoms with E-state index in [0.29, 0.717) is 17.9 Å². The molecule has 2 N–H and O–H groups in total. The highest BCUT2D eigenvalue weighted by Gasteiger charge is 2.15. The number of aryl methyl sites for hydroxylation is 2. The van der Waals surface area contributed by atoms with Gasteiger partial charge in [0, 0.05) is 5.56 Å². The van der Waals surface area contributed by atoms with E-state index < -0.39 is 5.91 Å². The van der Waals surface area contributed by atoms with Gasteiger partial charge in [0.15, 0.2) is 5.76 Å². The predicted molar refractivity (Wildman–Crippen MR) is 121 cm³/mol. The molecule has 2 amide bonds. The van der Waals surface area contributed by atoms with E-state index in [2.05, 4.69) is 41.7 Å². The van der Waals surface area contributed by atoms with Crippen molar-refractivity contribution >= 4 is 11.8 Å². The zero-order valence-electron chi connectivity index (χ0n) is 18.1. The van der Waals surface area contributed by atoms with E-state index in [1.54, 1.807) is 18.2 Å². The Bertz CT molecular complexity index is 994. The first-order valence-corrected chi connectivity index (χ1v) is 10.6. The summed E-state index contributed by atoms with van der Waals surface area (Å²) in [4.78, 5) is 27.2. The summed E-state index contributed by atoms with van der Waals surface area (Å²) >= 11 is 0. The molecule has 0 aliphatic carbocycles. The minimum absolute atomic E-state index is 0.166. The van der Waals surface area contributed by atoms with Crippen molar-refractivity contribution in [3.8, 4) is 0 Å². The van der Waals surface area contributed by atoms with Crippen LogP contribution in [0.3, 0.4) is 0 Å². The van der Waals surface area contributed by atoms with E-state index in [0.717, 1.165) is 31.5 Å². The zero-order chi connectivity index (χ0) is 22.1. The number of nitrogens with one attached hydrogen (secondary N) is 2. The Morgan fingerprint density at radius 2 is 1.48 bits per heavy atom. The predicted octanol–water partition coefficient (Wildman–Crippen LogP) is 3.98. The summed E-state index contributed by atoms with van der Waals surface area (Å²) in [7, 11) is 0. The summed E-state index contributed by atoms with van der Waals surface area (Å²) < 4.78 is 5.62. The highest BCUT2D eigenvalue weighted by Crippen LogP contribution is 2.13. The molecule has 0 bridgehead atoms. The molecule has 0 unspecified atom stereocenters. The Labute approximate surface area is 183 Å². The first-order valence-electron chi connectivity index (χ1n) is 10.6. The van der Waals surface area contributed by atoms with Crippen LogP contribution in [0.15, 0.2) is 71.1 Å². The molecule has 1 heterocycles. The third-order valence-electron chi connectivity index (χ3n) is 5.24. The maximum Gasteiger partial charge on any atom is 0.305 e. The standard InChI is InChI=1S/C25H29N3O3/c1-3-28(4-2)18-21-16-17-23(31-21)25(30)27-26-24(29)22-13-9-8-12-20(22)15-14-19-10-6-5-7-11-19/h5-13,16-17H,3-4,14-15,18H2,1-2H3,(H,26,29)(H,27,30). The van der Waals surface area contributed by atoms with Crippen LogP contribution in [-0.2, 0) is 19.4 Å². The normalized spacial score (nSPS) is 10.8. The molecule has 0 spiro atoms. The smallest absolute Gasteiger partial charge is 0.305 e. The largest absolute Gasteiger partial charge is 0.454 e. The number of hydrogen-bond acceptors (Lipinski definition) is 4. The molecular formula is C25H29N3O3. The van der Waals surface area contributed by atoms with E-state index in [1.807, 2.05) is 36.4 Å². The molecule has 6 heteroatoms. The summed E-state index contributed by atoms with van der Waals surface area (Å²) in [5, 5.41) is 0. The monoisotopic (exact) mass is 419 g/mol. The fourth-order valence-electron chi connectivity index (χ4n) is 3.38. The van der Waals surface area contributed by atoms with Crippen LogP contribution in [0.25, 0.3) is 0 Å². The van der Waals surface area contributed by atoms with Crippen molar-refractivity contribution in [1.29, 1.82) is 0 Å². The number of furan rings is 1. The highest BCUT2D eigenvalue weighted by atomic mass is 16.4. The van der Waals surface area contributed by atoms with Gasteiger partial charge in [0.2, 0.25) is 0 Å². The molecule has 0 atom stereocenters. The van der Waals surface area contributed by atoms with E-state index in [9.17, 15) is 9.59 Å². The number of amides is 2. The fourth-order valence-corrected chi connectivity index (χ4v) is 3.38. The molecule has 3 aromatic rings.